The lowest BCUT2D eigenvalue weighted by molar-refractivity contribution is 0.180. The van der Waals surface area contributed by atoms with E-state index in [0.29, 0.717) is 18.1 Å². The third kappa shape index (κ3) is 2.65. The lowest BCUT2D eigenvalue weighted by atomic mass is 10.1. The van der Waals surface area contributed by atoms with Gasteiger partial charge in [0.25, 0.3) is 5.56 Å². The minimum absolute atomic E-state index is 0.208. The van der Waals surface area contributed by atoms with Crippen LogP contribution in [0, 0.1) is 0 Å². The van der Waals surface area contributed by atoms with Crippen molar-refractivity contribution in [1.82, 2.24) is 9.97 Å². The first-order valence-corrected chi connectivity index (χ1v) is 4.32. The predicted octanol–water partition coefficient (Wildman–Crippen LogP) is 0.110. The first-order valence-electron chi connectivity index (χ1n) is 4.32. The summed E-state index contributed by atoms with van der Waals surface area (Å²) >= 11 is 0. The molecule has 78 valence electrons. The summed E-state index contributed by atoms with van der Waals surface area (Å²) in [5, 5.41) is 0. The highest BCUT2D eigenvalue weighted by molar-refractivity contribution is 5.07. The number of aromatic nitrogens is 2. The summed E-state index contributed by atoms with van der Waals surface area (Å²) in [7, 11) is 1.55. The van der Waals surface area contributed by atoms with Crippen molar-refractivity contribution in [3.8, 4) is 0 Å². The number of methoxy groups -OCH3 is 1. The van der Waals surface area contributed by atoms with Gasteiger partial charge in [0.2, 0.25) is 0 Å². The van der Waals surface area contributed by atoms with Gasteiger partial charge < -0.3 is 15.5 Å². The molecule has 0 spiro atoms. The molecule has 0 aliphatic rings. The first kappa shape index (κ1) is 10.9. The van der Waals surface area contributed by atoms with E-state index < -0.39 is 5.54 Å². The molecule has 5 heteroatoms. The Morgan fingerprint density at radius 2 is 2.29 bits per heavy atom. The SMILES string of the molecule is COCc1cc(=O)[nH]c(C(C)(C)N)n1. The van der Waals surface area contributed by atoms with Gasteiger partial charge in [-0.3, -0.25) is 4.79 Å². The zero-order valence-corrected chi connectivity index (χ0v) is 8.63. The molecule has 1 rings (SSSR count). The molecule has 0 aromatic carbocycles. The Bertz CT molecular complexity index is 365. The number of rotatable bonds is 3. The summed E-state index contributed by atoms with van der Waals surface area (Å²) in [5.74, 6) is 0.469. The Morgan fingerprint density at radius 1 is 1.64 bits per heavy atom. The maximum Gasteiger partial charge on any atom is 0.251 e. The molecular weight excluding hydrogens is 182 g/mol. The summed E-state index contributed by atoms with van der Waals surface area (Å²) < 4.78 is 4.89. The van der Waals surface area contributed by atoms with Gasteiger partial charge in [-0.25, -0.2) is 4.98 Å². The van der Waals surface area contributed by atoms with Gasteiger partial charge in [-0.15, -0.1) is 0 Å². The van der Waals surface area contributed by atoms with E-state index in [1.54, 1.807) is 21.0 Å². The Balaban J connectivity index is 3.14. The van der Waals surface area contributed by atoms with Gasteiger partial charge in [0.1, 0.15) is 5.82 Å². The van der Waals surface area contributed by atoms with Crippen LogP contribution in [0.25, 0.3) is 0 Å². The van der Waals surface area contributed by atoms with Crippen molar-refractivity contribution in [3.05, 3.63) is 27.9 Å². The second-order valence-electron chi connectivity index (χ2n) is 3.74. The Labute approximate surface area is 82.3 Å². The lowest BCUT2D eigenvalue weighted by Crippen LogP contribution is -2.33. The van der Waals surface area contributed by atoms with Crippen molar-refractivity contribution in [1.29, 1.82) is 0 Å². The summed E-state index contributed by atoms with van der Waals surface area (Å²) in [6.07, 6.45) is 0. The minimum atomic E-state index is -0.650. The molecule has 0 bridgehead atoms. The fourth-order valence-electron chi connectivity index (χ4n) is 1.03. The van der Waals surface area contributed by atoms with Crippen LogP contribution >= 0.6 is 0 Å². The topological polar surface area (TPSA) is 81.0 Å². The number of H-pyrrole nitrogens is 1. The second kappa shape index (κ2) is 3.89. The Kier molecular flexibility index (Phi) is 3.03. The largest absolute Gasteiger partial charge is 0.378 e. The van der Waals surface area contributed by atoms with E-state index in [9.17, 15) is 4.79 Å². The van der Waals surface area contributed by atoms with Gasteiger partial charge in [0.05, 0.1) is 17.8 Å². The van der Waals surface area contributed by atoms with Crippen LogP contribution in [0.1, 0.15) is 25.4 Å². The zero-order valence-electron chi connectivity index (χ0n) is 8.63. The van der Waals surface area contributed by atoms with Crippen LogP contribution < -0.4 is 11.3 Å². The molecule has 0 aliphatic carbocycles. The molecule has 1 aromatic rings. The van der Waals surface area contributed by atoms with E-state index in [1.807, 2.05) is 0 Å². The molecule has 0 amide bonds. The smallest absolute Gasteiger partial charge is 0.251 e. The summed E-state index contributed by atoms with van der Waals surface area (Å²) in [6, 6.07) is 1.40. The molecule has 0 saturated carbocycles. The molecule has 0 radical (unpaired) electrons. The summed E-state index contributed by atoms with van der Waals surface area (Å²) in [4.78, 5) is 18.0. The van der Waals surface area contributed by atoms with Crippen LogP contribution in [0.15, 0.2) is 10.9 Å². The van der Waals surface area contributed by atoms with Crippen molar-refractivity contribution in [2.45, 2.75) is 26.0 Å². The van der Waals surface area contributed by atoms with Gasteiger partial charge >= 0.3 is 0 Å². The quantitative estimate of drug-likeness (QED) is 0.720. The van der Waals surface area contributed by atoms with Crippen LogP contribution in [-0.2, 0) is 16.9 Å². The molecule has 5 nitrogen and oxygen atoms in total. The molecule has 3 N–H and O–H groups in total. The number of hydrogen-bond donors (Lipinski definition) is 2. The summed E-state index contributed by atoms with van der Waals surface area (Å²) in [5.41, 5.74) is 5.55. The van der Waals surface area contributed by atoms with Crippen molar-refractivity contribution < 1.29 is 4.74 Å². The number of nitrogens with zero attached hydrogens (tertiary/aromatic N) is 1. The maximum absolute atomic E-state index is 11.2. The molecule has 1 heterocycles. The standard InChI is InChI=1S/C9H15N3O2/c1-9(2,10)8-11-6(5-14-3)4-7(13)12-8/h4H,5,10H2,1-3H3,(H,11,12,13). The van der Waals surface area contributed by atoms with Gasteiger partial charge in [-0.1, -0.05) is 0 Å². The number of hydrogen-bond acceptors (Lipinski definition) is 4. The molecule has 14 heavy (non-hydrogen) atoms. The van der Waals surface area contributed by atoms with Crippen LogP contribution in [0.2, 0.25) is 0 Å². The molecule has 0 saturated heterocycles. The number of ether oxygens (including phenoxy) is 1. The third-order valence-corrected chi connectivity index (χ3v) is 1.70. The van der Waals surface area contributed by atoms with Crippen molar-refractivity contribution in [2.75, 3.05) is 7.11 Å². The molecule has 0 fully saturated rings. The van der Waals surface area contributed by atoms with E-state index >= 15 is 0 Å². The minimum Gasteiger partial charge on any atom is -0.378 e. The molecule has 0 aliphatic heterocycles. The van der Waals surface area contributed by atoms with E-state index in [2.05, 4.69) is 9.97 Å². The third-order valence-electron chi connectivity index (χ3n) is 1.70. The number of nitrogens with two attached hydrogens (primary N) is 1. The van der Waals surface area contributed by atoms with E-state index in [0.717, 1.165) is 0 Å². The van der Waals surface area contributed by atoms with Crippen molar-refractivity contribution in [3.63, 3.8) is 0 Å². The zero-order chi connectivity index (χ0) is 10.8. The predicted molar refractivity (Wildman–Crippen MR) is 52.8 cm³/mol. The van der Waals surface area contributed by atoms with Gasteiger partial charge in [-0.05, 0) is 13.8 Å². The van der Waals surface area contributed by atoms with Gasteiger partial charge in [-0.2, -0.15) is 0 Å². The highest BCUT2D eigenvalue weighted by Crippen LogP contribution is 2.10. The molecular formula is C9H15N3O2. The normalized spacial score (nSPS) is 11.7. The highest BCUT2D eigenvalue weighted by atomic mass is 16.5. The molecule has 0 atom stereocenters. The monoisotopic (exact) mass is 197 g/mol. The van der Waals surface area contributed by atoms with Crippen molar-refractivity contribution >= 4 is 0 Å². The average molecular weight is 197 g/mol. The van der Waals surface area contributed by atoms with Gasteiger partial charge in [0, 0.05) is 13.2 Å². The fraction of sp³-hybridized carbons (Fsp3) is 0.556. The van der Waals surface area contributed by atoms with E-state index in [-0.39, 0.29) is 5.56 Å². The van der Waals surface area contributed by atoms with Crippen LogP contribution in [0.5, 0.6) is 0 Å². The summed E-state index contributed by atoms with van der Waals surface area (Å²) in [6.45, 7) is 3.87. The lowest BCUT2D eigenvalue weighted by Gasteiger charge is -2.17. The first-order chi connectivity index (χ1) is 6.43. The van der Waals surface area contributed by atoms with E-state index in [4.69, 9.17) is 10.5 Å². The van der Waals surface area contributed by atoms with Crippen LogP contribution in [0.3, 0.4) is 0 Å². The Hall–Kier alpha value is -1.20. The van der Waals surface area contributed by atoms with Crippen LogP contribution in [0.4, 0.5) is 0 Å². The fourth-order valence-corrected chi connectivity index (χ4v) is 1.03. The second-order valence-corrected chi connectivity index (χ2v) is 3.74. The van der Waals surface area contributed by atoms with Crippen molar-refractivity contribution in [2.24, 2.45) is 5.73 Å². The number of aromatic amines is 1. The average Bonchev–Trinajstić information content (AvgIpc) is 2.02. The Morgan fingerprint density at radius 3 is 2.79 bits per heavy atom. The van der Waals surface area contributed by atoms with Crippen LogP contribution in [-0.4, -0.2) is 17.1 Å². The molecule has 1 aromatic heterocycles. The maximum atomic E-state index is 11.2. The molecule has 0 unspecified atom stereocenters. The highest BCUT2D eigenvalue weighted by Gasteiger charge is 2.17. The van der Waals surface area contributed by atoms with E-state index in [1.165, 1.54) is 6.07 Å². The number of nitrogens with one attached hydrogen (secondary N) is 1. The van der Waals surface area contributed by atoms with Gasteiger partial charge in [0.15, 0.2) is 0 Å².